The molecule has 6 nitrogen and oxygen atoms in total. The van der Waals surface area contributed by atoms with Crippen molar-refractivity contribution in [3.05, 3.63) is 69.3 Å². The van der Waals surface area contributed by atoms with E-state index < -0.39 is 5.97 Å². The molecule has 8 heteroatoms. The number of likely N-dealkylation sites (tertiary alicyclic amines) is 1. The number of hydrogen-bond acceptors (Lipinski definition) is 3. The number of carbonyl (C=O) groups excluding carboxylic acids is 1. The molecule has 0 aliphatic carbocycles. The molecule has 2 aliphatic rings. The van der Waals surface area contributed by atoms with E-state index in [2.05, 4.69) is 27.7 Å². The molecule has 2 aromatic carbocycles. The lowest BCUT2D eigenvalue weighted by Gasteiger charge is -2.34. The summed E-state index contributed by atoms with van der Waals surface area (Å²) in [5, 5.41) is 11.5. The minimum Gasteiger partial charge on any atom is -0.481 e. The number of para-hydroxylation sites is 1. The first-order valence-electron chi connectivity index (χ1n) is 12.1. The summed E-state index contributed by atoms with van der Waals surface area (Å²) in [6.45, 7) is 3.86. The Morgan fingerprint density at radius 3 is 2.43 bits per heavy atom. The third-order valence-electron chi connectivity index (χ3n) is 7.31. The van der Waals surface area contributed by atoms with Gasteiger partial charge in [-0.15, -0.1) is 0 Å². The summed E-state index contributed by atoms with van der Waals surface area (Å²) in [5.41, 5.74) is 4.66. The highest BCUT2D eigenvalue weighted by Crippen LogP contribution is 2.32. The molecule has 0 bridgehead atoms. The van der Waals surface area contributed by atoms with Gasteiger partial charge in [0.05, 0.1) is 13.1 Å². The molecule has 0 spiro atoms. The molecule has 3 heterocycles. The van der Waals surface area contributed by atoms with E-state index in [1.54, 1.807) is 6.07 Å². The molecule has 35 heavy (non-hydrogen) atoms. The van der Waals surface area contributed by atoms with E-state index in [4.69, 9.17) is 28.3 Å². The molecule has 5 rings (SSSR count). The Morgan fingerprint density at radius 1 is 1.00 bits per heavy atom. The number of halogens is 2. The molecule has 1 aromatic heterocycles. The molecular weight excluding hydrogens is 485 g/mol. The van der Waals surface area contributed by atoms with Crippen LogP contribution in [-0.2, 0) is 29.1 Å². The number of nitrogens with zero attached hydrogens (tertiary/aromatic N) is 3. The molecule has 1 amide bonds. The number of hydrogen-bond donors (Lipinski definition) is 1. The topological polar surface area (TPSA) is 65.8 Å². The van der Waals surface area contributed by atoms with Crippen LogP contribution in [0.2, 0.25) is 10.0 Å². The summed E-state index contributed by atoms with van der Waals surface area (Å²) < 4.78 is 2.30. The molecule has 184 valence electrons. The number of aromatic nitrogens is 1. The Bertz CT molecular complexity index is 1240. The van der Waals surface area contributed by atoms with Crippen LogP contribution in [-0.4, -0.2) is 57.5 Å². The zero-order valence-corrected chi connectivity index (χ0v) is 21.1. The Morgan fingerprint density at radius 2 is 1.71 bits per heavy atom. The quantitative estimate of drug-likeness (QED) is 0.499. The zero-order chi connectivity index (χ0) is 24.5. The van der Waals surface area contributed by atoms with Gasteiger partial charge in [0.15, 0.2) is 0 Å². The van der Waals surface area contributed by atoms with Crippen molar-refractivity contribution in [2.75, 3.05) is 26.2 Å². The molecule has 0 atom stereocenters. The molecule has 1 N–H and O–H groups in total. The van der Waals surface area contributed by atoms with Crippen molar-refractivity contribution < 1.29 is 14.7 Å². The van der Waals surface area contributed by atoms with Gasteiger partial charge in [0, 0.05) is 46.2 Å². The fourth-order valence-corrected chi connectivity index (χ4v) is 6.13. The lowest BCUT2D eigenvalue weighted by molar-refractivity contribution is -0.139. The smallest absolute Gasteiger partial charge is 0.303 e. The highest BCUT2D eigenvalue weighted by molar-refractivity contribution is 6.34. The predicted molar refractivity (Wildman–Crippen MR) is 138 cm³/mol. The van der Waals surface area contributed by atoms with Crippen LogP contribution in [0, 0.1) is 5.92 Å². The van der Waals surface area contributed by atoms with E-state index in [-0.39, 0.29) is 18.2 Å². The Kier molecular flexibility index (Phi) is 7.05. The van der Waals surface area contributed by atoms with Crippen molar-refractivity contribution in [2.45, 2.75) is 38.8 Å². The summed E-state index contributed by atoms with van der Waals surface area (Å²) in [6.07, 6.45) is 2.71. The van der Waals surface area contributed by atoms with Gasteiger partial charge < -0.3 is 14.6 Å². The molecule has 0 unspecified atom stereocenters. The van der Waals surface area contributed by atoms with Gasteiger partial charge >= 0.3 is 5.97 Å². The van der Waals surface area contributed by atoms with Crippen LogP contribution in [0.4, 0.5) is 0 Å². The number of aliphatic carboxylic acids is 1. The fraction of sp³-hybridized carbons (Fsp3) is 0.407. The normalized spacial score (nSPS) is 17.0. The average molecular weight is 514 g/mol. The van der Waals surface area contributed by atoms with E-state index in [0.717, 1.165) is 43.4 Å². The number of piperidine rings is 1. The lowest BCUT2D eigenvalue weighted by Crippen LogP contribution is -2.45. The second-order valence-electron chi connectivity index (χ2n) is 9.69. The van der Waals surface area contributed by atoms with Crippen LogP contribution >= 0.6 is 23.2 Å². The average Bonchev–Trinajstić information content (AvgIpc) is 3.12. The van der Waals surface area contributed by atoms with Gasteiger partial charge in [-0.05, 0) is 73.7 Å². The summed E-state index contributed by atoms with van der Waals surface area (Å²) in [7, 11) is 0. The van der Waals surface area contributed by atoms with Crippen molar-refractivity contribution in [3.8, 4) is 0 Å². The molecule has 0 saturated carbocycles. The minimum atomic E-state index is -0.737. The number of carboxylic acid groups (broad SMARTS) is 1. The third-order valence-corrected chi connectivity index (χ3v) is 7.75. The molecule has 1 fully saturated rings. The molecule has 0 radical (unpaired) electrons. The summed E-state index contributed by atoms with van der Waals surface area (Å²) in [4.78, 5) is 28.4. The Balaban J connectivity index is 1.33. The SMILES string of the molecule is O=C(O)CC1CCN(CC(=O)N2CCc3c(n(Cc4cc(Cl)cc(Cl)c4)c4ccccc34)C2)CC1. The molecule has 3 aromatic rings. The van der Waals surface area contributed by atoms with E-state index in [9.17, 15) is 9.59 Å². The number of fused-ring (bicyclic) bond motifs is 3. The van der Waals surface area contributed by atoms with Crippen molar-refractivity contribution in [2.24, 2.45) is 5.92 Å². The second kappa shape index (κ2) is 10.2. The van der Waals surface area contributed by atoms with Gasteiger partial charge in [-0.3, -0.25) is 14.5 Å². The first-order chi connectivity index (χ1) is 16.9. The van der Waals surface area contributed by atoms with Crippen LogP contribution in [0.3, 0.4) is 0 Å². The van der Waals surface area contributed by atoms with E-state index in [1.807, 2.05) is 23.1 Å². The van der Waals surface area contributed by atoms with Gasteiger partial charge in [0.2, 0.25) is 5.91 Å². The van der Waals surface area contributed by atoms with Crippen molar-refractivity contribution in [1.29, 1.82) is 0 Å². The highest BCUT2D eigenvalue weighted by Gasteiger charge is 2.29. The van der Waals surface area contributed by atoms with Gasteiger partial charge in [0.25, 0.3) is 0 Å². The first-order valence-corrected chi connectivity index (χ1v) is 12.9. The van der Waals surface area contributed by atoms with Crippen LogP contribution in [0.5, 0.6) is 0 Å². The monoisotopic (exact) mass is 513 g/mol. The first kappa shape index (κ1) is 24.2. The van der Waals surface area contributed by atoms with Crippen molar-refractivity contribution in [1.82, 2.24) is 14.4 Å². The summed E-state index contributed by atoms with van der Waals surface area (Å²) in [5.74, 6) is -0.388. The maximum atomic E-state index is 13.3. The van der Waals surface area contributed by atoms with E-state index in [1.165, 1.54) is 16.6 Å². The number of amides is 1. The zero-order valence-electron chi connectivity index (χ0n) is 19.6. The van der Waals surface area contributed by atoms with Crippen LogP contribution < -0.4 is 0 Å². The van der Waals surface area contributed by atoms with E-state index in [0.29, 0.717) is 36.2 Å². The number of carbonyl (C=O) groups is 2. The van der Waals surface area contributed by atoms with Crippen molar-refractivity contribution >= 4 is 46.0 Å². The number of carboxylic acids is 1. The molecular formula is C27H29Cl2N3O3. The van der Waals surface area contributed by atoms with E-state index >= 15 is 0 Å². The number of benzene rings is 2. The van der Waals surface area contributed by atoms with Gasteiger partial charge in [0.1, 0.15) is 0 Å². The Labute approximate surface area is 215 Å². The Hall–Kier alpha value is -2.54. The lowest BCUT2D eigenvalue weighted by atomic mass is 9.93. The maximum Gasteiger partial charge on any atom is 0.303 e. The molecule has 2 aliphatic heterocycles. The van der Waals surface area contributed by atoms with Gasteiger partial charge in [-0.1, -0.05) is 41.4 Å². The van der Waals surface area contributed by atoms with Crippen LogP contribution in [0.15, 0.2) is 42.5 Å². The summed E-state index contributed by atoms with van der Waals surface area (Å²) >= 11 is 12.5. The van der Waals surface area contributed by atoms with Gasteiger partial charge in [-0.25, -0.2) is 0 Å². The molecule has 1 saturated heterocycles. The highest BCUT2D eigenvalue weighted by atomic mass is 35.5. The van der Waals surface area contributed by atoms with Crippen LogP contribution in [0.25, 0.3) is 10.9 Å². The minimum absolute atomic E-state index is 0.134. The van der Waals surface area contributed by atoms with Gasteiger partial charge in [-0.2, -0.15) is 0 Å². The predicted octanol–water partition coefficient (Wildman–Crippen LogP) is 5.07. The maximum absolute atomic E-state index is 13.3. The third kappa shape index (κ3) is 5.35. The fourth-order valence-electron chi connectivity index (χ4n) is 5.56. The van der Waals surface area contributed by atoms with Crippen molar-refractivity contribution in [3.63, 3.8) is 0 Å². The summed E-state index contributed by atoms with van der Waals surface area (Å²) in [6, 6.07) is 14.0. The largest absolute Gasteiger partial charge is 0.481 e. The van der Waals surface area contributed by atoms with Crippen LogP contribution in [0.1, 0.15) is 36.1 Å². The second-order valence-corrected chi connectivity index (χ2v) is 10.6. The standard InChI is InChI=1S/C27H29Cl2N3O3/c28-20-11-19(12-21(29)14-20)15-32-24-4-2-1-3-22(24)23-7-10-31(16-25(23)32)26(33)17-30-8-5-18(6-9-30)13-27(34)35/h1-4,11-12,14,18H,5-10,13,15-17H2,(H,34,35). The number of rotatable bonds is 6.